The van der Waals surface area contributed by atoms with E-state index >= 15 is 0 Å². The second kappa shape index (κ2) is 10.6. The highest BCUT2D eigenvalue weighted by Crippen LogP contribution is 2.37. The minimum atomic E-state index is -0.543. The van der Waals surface area contributed by atoms with E-state index in [0.717, 1.165) is 17.1 Å². The fraction of sp³-hybridized carbons (Fsp3) is 0.360. The molecule has 0 atom stereocenters. The van der Waals surface area contributed by atoms with Gasteiger partial charge in [0, 0.05) is 19.3 Å². The van der Waals surface area contributed by atoms with Crippen LogP contribution < -0.4 is 15.4 Å². The zero-order valence-electron chi connectivity index (χ0n) is 22.0. The van der Waals surface area contributed by atoms with Gasteiger partial charge in [0.25, 0.3) is 0 Å². The van der Waals surface area contributed by atoms with Crippen molar-refractivity contribution < 1.29 is 14.3 Å². The standard InChI is InChI=1S/C25H31N9O3/c1-8-37-24(35)18-12-26-25(29-20-15(4)31-34(14(2)3)16(20)5)30-23(18)28-19-11-9-10-17(21(19)36-7)22-27-13-33(6)32-22/h9-14H,8H2,1-7H3,(H2,26,28,29,30). The predicted molar refractivity (Wildman–Crippen MR) is 140 cm³/mol. The van der Waals surface area contributed by atoms with E-state index in [1.807, 2.05) is 36.7 Å². The summed E-state index contributed by atoms with van der Waals surface area (Å²) in [5, 5.41) is 15.5. The maximum atomic E-state index is 12.7. The molecule has 0 radical (unpaired) electrons. The molecule has 37 heavy (non-hydrogen) atoms. The Morgan fingerprint density at radius 2 is 1.92 bits per heavy atom. The summed E-state index contributed by atoms with van der Waals surface area (Å²) in [6.45, 7) is 10.00. The van der Waals surface area contributed by atoms with Crippen molar-refractivity contribution in [1.29, 1.82) is 0 Å². The molecule has 4 aromatic rings. The maximum absolute atomic E-state index is 12.7. The van der Waals surface area contributed by atoms with Crippen LogP contribution in [0, 0.1) is 13.8 Å². The van der Waals surface area contributed by atoms with Crippen LogP contribution in [-0.2, 0) is 11.8 Å². The maximum Gasteiger partial charge on any atom is 0.343 e. The van der Waals surface area contributed by atoms with Crippen LogP contribution in [0.4, 0.5) is 23.1 Å². The molecule has 0 bridgehead atoms. The number of hydrogen-bond donors (Lipinski definition) is 2. The van der Waals surface area contributed by atoms with Crippen LogP contribution in [0.1, 0.15) is 48.6 Å². The van der Waals surface area contributed by atoms with E-state index in [-0.39, 0.29) is 24.0 Å². The molecule has 0 saturated heterocycles. The zero-order valence-corrected chi connectivity index (χ0v) is 22.0. The number of anilines is 4. The molecule has 0 spiro atoms. The number of methoxy groups -OCH3 is 1. The van der Waals surface area contributed by atoms with Gasteiger partial charge in [0.1, 0.15) is 11.9 Å². The molecule has 3 heterocycles. The van der Waals surface area contributed by atoms with Gasteiger partial charge < -0.3 is 20.1 Å². The lowest BCUT2D eigenvalue weighted by Crippen LogP contribution is -2.12. The number of hydrogen-bond acceptors (Lipinski definition) is 10. The predicted octanol–water partition coefficient (Wildman–Crippen LogP) is 4.34. The van der Waals surface area contributed by atoms with Crippen molar-refractivity contribution in [1.82, 2.24) is 34.5 Å². The molecule has 0 unspecified atom stereocenters. The van der Waals surface area contributed by atoms with E-state index in [1.54, 1.807) is 32.1 Å². The Morgan fingerprint density at radius 3 is 2.54 bits per heavy atom. The molecule has 4 rings (SSSR count). The number of carbonyl (C=O) groups excluding carboxylic acids is 1. The minimum absolute atomic E-state index is 0.183. The molecular formula is C25H31N9O3. The molecule has 12 nitrogen and oxygen atoms in total. The number of nitrogens with zero attached hydrogens (tertiary/aromatic N) is 7. The number of benzene rings is 1. The number of carbonyl (C=O) groups is 1. The average molecular weight is 506 g/mol. The van der Waals surface area contributed by atoms with Crippen molar-refractivity contribution in [2.45, 2.75) is 40.7 Å². The summed E-state index contributed by atoms with van der Waals surface area (Å²) < 4.78 is 14.5. The van der Waals surface area contributed by atoms with Gasteiger partial charge in [-0.3, -0.25) is 9.36 Å². The van der Waals surface area contributed by atoms with Crippen molar-refractivity contribution in [3.8, 4) is 17.1 Å². The Bertz CT molecular complexity index is 1430. The van der Waals surface area contributed by atoms with Gasteiger partial charge in [-0.1, -0.05) is 6.07 Å². The van der Waals surface area contributed by atoms with Gasteiger partial charge in [-0.15, -0.1) is 0 Å². The third-order valence-corrected chi connectivity index (χ3v) is 5.65. The first-order valence-corrected chi connectivity index (χ1v) is 11.9. The normalized spacial score (nSPS) is 11.0. The fourth-order valence-corrected chi connectivity index (χ4v) is 3.98. The van der Waals surface area contributed by atoms with Crippen LogP contribution in [0.15, 0.2) is 30.7 Å². The molecular weight excluding hydrogens is 474 g/mol. The van der Waals surface area contributed by atoms with Crippen molar-refractivity contribution in [3.05, 3.63) is 47.7 Å². The number of aromatic nitrogens is 7. The van der Waals surface area contributed by atoms with E-state index in [2.05, 4.69) is 49.6 Å². The Balaban J connectivity index is 1.75. The molecule has 3 aromatic heterocycles. The molecule has 194 valence electrons. The van der Waals surface area contributed by atoms with Crippen LogP contribution in [0.3, 0.4) is 0 Å². The number of rotatable bonds is 9. The van der Waals surface area contributed by atoms with E-state index in [1.165, 1.54) is 6.20 Å². The Labute approximate surface area is 215 Å². The summed E-state index contributed by atoms with van der Waals surface area (Å²) >= 11 is 0. The van der Waals surface area contributed by atoms with E-state index in [0.29, 0.717) is 28.8 Å². The lowest BCUT2D eigenvalue weighted by Gasteiger charge is -2.16. The highest BCUT2D eigenvalue weighted by Gasteiger charge is 2.21. The van der Waals surface area contributed by atoms with Crippen molar-refractivity contribution in [2.75, 3.05) is 24.4 Å². The second-order valence-corrected chi connectivity index (χ2v) is 8.64. The third-order valence-electron chi connectivity index (χ3n) is 5.65. The van der Waals surface area contributed by atoms with Gasteiger partial charge >= 0.3 is 5.97 Å². The van der Waals surface area contributed by atoms with E-state index in [4.69, 9.17) is 9.47 Å². The van der Waals surface area contributed by atoms with E-state index < -0.39 is 5.97 Å². The van der Waals surface area contributed by atoms with Gasteiger partial charge in [0.05, 0.1) is 42.0 Å². The molecule has 0 aliphatic carbocycles. The first-order chi connectivity index (χ1) is 17.7. The molecule has 0 aliphatic heterocycles. The number of aryl methyl sites for hydroxylation is 2. The topological polar surface area (TPSA) is 134 Å². The minimum Gasteiger partial charge on any atom is -0.494 e. The largest absolute Gasteiger partial charge is 0.494 e. The number of para-hydroxylation sites is 1. The molecule has 0 fully saturated rings. The average Bonchev–Trinajstić information content (AvgIpc) is 3.42. The van der Waals surface area contributed by atoms with Gasteiger partial charge in [-0.2, -0.15) is 15.2 Å². The SMILES string of the molecule is CCOC(=O)c1cnc(Nc2c(C)nn(C(C)C)c2C)nc1Nc1cccc(-c2ncn(C)n2)c1OC. The summed E-state index contributed by atoms with van der Waals surface area (Å²) in [6, 6.07) is 5.72. The molecule has 12 heteroatoms. The van der Waals surface area contributed by atoms with Crippen molar-refractivity contribution >= 4 is 29.1 Å². The highest BCUT2D eigenvalue weighted by molar-refractivity contribution is 5.96. The first kappa shape index (κ1) is 25.6. The molecule has 1 aromatic carbocycles. The smallest absolute Gasteiger partial charge is 0.343 e. The molecule has 0 aliphatic rings. The summed E-state index contributed by atoms with van der Waals surface area (Å²) in [5.74, 6) is 1.02. The van der Waals surface area contributed by atoms with Gasteiger partial charge in [0.2, 0.25) is 5.95 Å². The lowest BCUT2D eigenvalue weighted by atomic mass is 10.1. The van der Waals surface area contributed by atoms with Gasteiger partial charge in [-0.05, 0) is 46.8 Å². The van der Waals surface area contributed by atoms with Crippen LogP contribution >= 0.6 is 0 Å². The summed E-state index contributed by atoms with van der Waals surface area (Å²) in [4.78, 5) is 26.1. The first-order valence-electron chi connectivity index (χ1n) is 11.9. The monoisotopic (exact) mass is 505 g/mol. The van der Waals surface area contributed by atoms with Crippen LogP contribution in [-0.4, -0.2) is 54.2 Å². The van der Waals surface area contributed by atoms with Gasteiger partial charge in [-0.25, -0.2) is 14.8 Å². The number of nitrogens with one attached hydrogen (secondary N) is 2. The summed E-state index contributed by atoms with van der Waals surface area (Å²) in [5.41, 5.74) is 4.02. The second-order valence-electron chi connectivity index (χ2n) is 8.64. The molecule has 2 N–H and O–H groups in total. The van der Waals surface area contributed by atoms with Crippen molar-refractivity contribution in [3.63, 3.8) is 0 Å². The van der Waals surface area contributed by atoms with Crippen LogP contribution in [0.25, 0.3) is 11.4 Å². The summed E-state index contributed by atoms with van der Waals surface area (Å²) in [7, 11) is 3.35. The highest BCUT2D eigenvalue weighted by atomic mass is 16.5. The van der Waals surface area contributed by atoms with Crippen molar-refractivity contribution in [2.24, 2.45) is 7.05 Å². The zero-order chi connectivity index (χ0) is 26.7. The molecule has 0 saturated carbocycles. The van der Waals surface area contributed by atoms with Crippen LogP contribution in [0.2, 0.25) is 0 Å². The Hall–Kier alpha value is -4.48. The Kier molecular flexibility index (Phi) is 7.37. The number of ether oxygens (including phenoxy) is 2. The quantitative estimate of drug-likeness (QED) is 0.316. The fourth-order valence-electron chi connectivity index (χ4n) is 3.98. The number of esters is 1. The van der Waals surface area contributed by atoms with Gasteiger partial charge in [0.15, 0.2) is 17.4 Å². The lowest BCUT2D eigenvalue weighted by molar-refractivity contribution is 0.0526. The third kappa shape index (κ3) is 5.22. The summed E-state index contributed by atoms with van der Waals surface area (Å²) in [6.07, 6.45) is 3.05. The Morgan fingerprint density at radius 1 is 1.14 bits per heavy atom. The van der Waals surface area contributed by atoms with Crippen LogP contribution in [0.5, 0.6) is 5.75 Å². The molecule has 0 amide bonds. The van der Waals surface area contributed by atoms with E-state index in [9.17, 15) is 4.79 Å².